The molecule has 15 heavy (non-hydrogen) atoms. The van der Waals surface area contributed by atoms with Crippen LogP contribution in [-0.4, -0.2) is 11.1 Å². The Morgan fingerprint density at radius 1 is 1.33 bits per heavy atom. The maximum Gasteiger partial charge on any atom is 0.0480 e. The third-order valence-corrected chi connectivity index (χ3v) is 2.92. The van der Waals surface area contributed by atoms with Gasteiger partial charge in [-0.3, -0.25) is 0 Å². The van der Waals surface area contributed by atoms with Gasteiger partial charge in [-0.15, -0.1) is 0 Å². The molecule has 0 atom stereocenters. The lowest BCUT2D eigenvalue weighted by molar-refractivity contribution is 0.833. The fourth-order valence-corrected chi connectivity index (χ4v) is 2.10. The fraction of sp³-hybridized carbons (Fsp3) is 0.385. The highest BCUT2D eigenvalue weighted by Crippen LogP contribution is 2.21. The Kier molecular flexibility index (Phi) is 2.78. The van der Waals surface area contributed by atoms with Gasteiger partial charge in [-0.1, -0.05) is 6.07 Å². The van der Waals surface area contributed by atoms with Crippen LogP contribution in [0.4, 0.5) is 0 Å². The maximum absolute atomic E-state index is 5.52. The highest BCUT2D eigenvalue weighted by Gasteiger charge is 2.03. The van der Waals surface area contributed by atoms with E-state index in [2.05, 4.69) is 42.9 Å². The molecule has 0 amide bonds. The van der Waals surface area contributed by atoms with E-state index in [-0.39, 0.29) is 0 Å². The summed E-state index contributed by atoms with van der Waals surface area (Å²) in [7, 11) is 2.09. The van der Waals surface area contributed by atoms with Gasteiger partial charge in [0, 0.05) is 24.1 Å². The minimum absolute atomic E-state index is 0.770. The predicted molar refractivity (Wildman–Crippen MR) is 65.0 cm³/mol. The Hall–Kier alpha value is -1.28. The molecule has 2 aromatic rings. The Labute approximate surface area is 90.7 Å². The quantitative estimate of drug-likeness (QED) is 0.814. The molecule has 1 heterocycles. The van der Waals surface area contributed by atoms with E-state index in [1.807, 2.05) is 0 Å². The van der Waals surface area contributed by atoms with E-state index in [1.54, 1.807) is 0 Å². The van der Waals surface area contributed by atoms with E-state index in [4.69, 9.17) is 5.73 Å². The molecule has 80 valence electrons. The summed E-state index contributed by atoms with van der Waals surface area (Å²) in [5.74, 6) is 0. The van der Waals surface area contributed by atoms with Crippen molar-refractivity contribution in [2.45, 2.75) is 19.8 Å². The Balaban J connectivity index is 2.41. The van der Waals surface area contributed by atoms with E-state index in [9.17, 15) is 0 Å². The van der Waals surface area contributed by atoms with Crippen LogP contribution in [0.15, 0.2) is 24.4 Å². The van der Waals surface area contributed by atoms with Gasteiger partial charge in [0.25, 0.3) is 0 Å². The lowest BCUT2D eigenvalue weighted by atomic mass is 10.1. The number of benzene rings is 1. The summed E-state index contributed by atoms with van der Waals surface area (Å²) < 4.78 is 2.18. The van der Waals surface area contributed by atoms with Crippen LogP contribution in [0, 0.1) is 6.92 Å². The van der Waals surface area contributed by atoms with Gasteiger partial charge in [-0.25, -0.2) is 0 Å². The van der Waals surface area contributed by atoms with E-state index in [1.165, 1.54) is 22.0 Å². The van der Waals surface area contributed by atoms with Crippen molar-refractivity contribution in [1.82, 2.24) is 4.57 Å². The first-order chi connectivity index (χ1) is 7.22. The second kappa shape index (κ2) is 4.07. The molecule has 2 N–H and O–H groups in total. The van der Waals surface area contributed by atoms with Crippen molar-refractivity contribution >= 4 is 10.9 Å². The molecule has 2 nitrogen and oxygen atoms in total. The van der Waals surface area contributed by atoms with Crippen LogP contribution in [0.3, 0.4) is 0 Å². The van der Waals surface area contributed by atoms with Crippen LogP contribution in [0.1, 0.15) is 17.5 Å². The molecule has 1 aromatic heterocycles. The molecular weight excluding hydrogens is 184 g/mol. The number of rotatable bonds is 3. The van der Waals surface area contributed by atoms with Crippen LogP contribution in [0.5, 0.6) is 0 Å². The SMILES string of the molecule is Cc1cn(C)c2ccc(CCCN)cc12. The predicted octanol–water partition coefficient (Wildman–Crippen LogP) is 2.38. The van der Waals surface area contributed by atoms with E-state index in [0.29, 0.717) is 0 Å². The summed E-state index contributed by atoms with van der Waals surface area (Å²) in [6.45, 7) is 2.93. The van der Waals surface area contributed by atoms with E-state index < -0.39 is 0 Å². The first-order valence-corrected chi connectivity index (χ1v) is 5.47. The second-order valence-electron chi connectivity index (χ2n) is 4.17. The van der Waals surface area contributed by atoms with Crippen LogP contribution in [-0.2, 0) is 13.5 Å². The Morgan fingerprint density at radius 2 is 2.13 bits per heavy atom. The summed E-state index contributed by atoms with van der Waals surface area (Å²) in [6.07, 6.45) is 4.33. The molecule has 0 aliphatic rings. The van der Waals surface area contributed by atoms with Gasteiger partial charge in [-0.05, 0) is 49.6 Å². The normalized spacial score (nSPS) is 11.1. The summed E-state index contributed by atoms with van der Waals surface area (Å²) >= 11 is 0. The first-order valence-electron chi connectivity index (χ1n) is 5.47. The zero-order chi connectivity index (χ0) is 10.8. The van der Waals surface area contributed by atoms with Gasteiger partial charge < -0.3 is 10.3 Å². The fourth-order valence-electron chi connectivity index (χ4n) is 2.10. The van der Waals surface area contributed by atoms with Gasteiger partial charge in [0.1, 0.15) is 0 Å². The zero-order valence-electron chi connectivity index (χ0n) is 9.46. The first kappa shape index (κ1) is 10.2. The van der Waals surface area contributed by atoms with Crippen LogP contribution in [0.2, 0.25) is 0 Å². The van der Waals surface area contributed by atoms with Crippen molar-refractivity contribution in [3.05, 3.63) is 35.5 Å². The highest BCUT2D eigenvalue weighted by molar-refractivity contribution is 5.84. The van der Waals surface area contributed by atoms with Crippen molar-refractivity contribution in [2.75, 3.05) is 6.54 Å². The van der Waals surface area contributed by atoms with E-state index >= 15 is 0 Å². The zero-order valence-corrected chi connectivity index (χ0v) is 9.46. The van der Waals surface area contributed by atoms with Crippen LogP contribution < -0.4 is 5.73 Å². The van der Waals surface area contributed by atoms with Gasteiger partial charge in [0.2, 0.25) is 0 Å². The van der Waals surface area contributed by atoms with Crippen molar-refractivity contribution in [2.24, 2.45) is 12.8 Å². The van der Waals surface area contributed by atoms with Crippen molar-refractivity contribution in [3.63, 3.8) is 0 Å². The van der Waals surface area contributed by atoms with Gasteiger partial charge >= 0.3 is 0 Å². The average molecular weight is 202 g/mol. The molecule has 0 aliphatic heterocycles. The number of aryl methyl sites for hydroxylation is 3. The number of hydrogen-bond acceptors (Lipinski definition) is 1. The molecule has 0 saturated carbocycles. The third-order valence-electron chi connectivity index (χ3n) is 2.92. The van der Waals surface area contributed by atoms with Crippen molar-refractivity contribution < 1.29 is 0 Å². The molecule has 0 saturated heterocycles. The van der Waals surface area contributed by atoms with Crippen LogP contribution >= 0.6 is 0 Å². The smallest absolute Gasteiger partial charge is 0.0480 e. The van der Waals surface area contributed by atoms with Crippen LogP contribution in [0.25, 0.3) is 10.9 Å². The molecule has 0 radical (unpaired) electrons. The summed E-state index contributed by atoms with van der Waals surface area (Å²) in [6, 6.07) is 6.70. The number of hydrogen-bond donors (Lipinski definition) is 1. The molecule has 0 fully saturated rings. The summed E-state index contributed by atoms with van der Waals surface area (Å²) in [5.41, 5.74) is 9.57. The third kappa shape index (κ3) is 1.90. The van der Waals surface area contributed by atoms with Crippen molar-refractivity contribution in [3.8, 4) is 0 Å². The molecule has 2 heteroatoms. The molecule has 0 unspecified atom stereocenters. The molecule has 0 spiro atoms. The lowest BCUT2D eigenvalue weighted by Gasteiger charge is -2.01. The standard InChI is InChI=1S/C13H18N2/c1-10-9-15(2)13-6-5-11(4-3-7-14)8-12(10)13/h5-6,8-9H,3-4,7,14H2,1-2H3. The molecule has 2 rings (SSSR count). The molecule has 0 bridgehead atoms. The largest absolute Gasteiger partial charge is 0.350 e. The average Bonchev–Trinajstić information content (AvgIpc) is 2.52. The molecule has 1 aromatic carbocycles. The van der Waals surface area contributed by atoms with E-state index in [0.717, 1.165) is 19.4 Å². The number of nitrogens with zero attached hydrogens (tertiary/aromatic N) is 1. The topological polar surface area (TPSA) is 30.9 Å². The molecular formula is C13H18N2. The second-order valence-corrected chi connectivity index (χ2v) is 4.17. The number of aromatic nitrogens is 1. The summed E-state index contributed by atoms with van der Waals surface area (Å²) in [5, 5.41) is 1.37. The minimum Gasteiger partial charge on any atom is -0.350 e. The van der Waals surface area contributed by atoms with Gasteiger partial charge in [0.05, 0.1) is 0 Å². The summed E-state index contributed by atoms with van der Waals surface area (Å²) in [4.78, 5) is 0. The Bertz CT molecular complexity index is 469. The Morgan fingerprint density at radius 3 is 2.87 bits per heavy atom. The van der Waals surface area contributed by atoms with Crippen molar-refractivity contribution in [1.29, 1.82) is 0 Å². The minimum atomic E-state index is 0.770. The lowest BCUT2D eigenvalue weighted by Crippen LogP contribution is -2.00. The highest BCUT2D eigenvalue weighted by atomic mass is 14.9. The molecule has 0 aliphatic carbocycles. The van der Waals surface area contributed by atoms with Gasteiger partial charge in [0.15, 0.2) is 0 Å². The number of nitrogens with two attached hydrogens (primary N) is 1. The number of fused-ring (bicyclic) bond motifs is 1. The maximum atomic E-state index is 5.52. The monoisotopic (exact) mass is 202 g/mol. The van der Waals surface area contributed by atoms with Gasteiger partial charge in [-0.2, -0.15) is 0 Å².